The molecule has 6 N–H and O–H groups in total. The van der Waals surface area contributed by atoms with Crippen molar-refractivity contribution in [3.8, 4) is 16.9 Å². The number of hydrogen-bond donors (Lipinski definition) is 6. The fraction of sp³-hybridized carbons (Fsp3) is 0.314. The Morgan fingerprint density at radius 3 is 2.20 bits per heavy atom. The highest BCUT2D eigenvalue weighted by Gasteiger charge is 2.26. The largest absolute Gasteiger partial charge is 0.506 e. The van der Waals surface area contributed by atoms with Crippen LogP contribution >= 0.6 is 0 Å². The number of aromatic nitrogens is 1. The zero-order chi connectivity index (χ0) is 43.3. The van der Waals surface area contributed by atoms with Crippen molar-refractivity contribution in [2.75, 3.05) is 30.8 Å². The van der Waals surface area contributed by atoms with Gasteiger partial charge in [0.2, 0.25) is 11.5 Å². The van der Waals surface area contributed by atoms with Crippen LogP contribution in [0.3, 0.4) is 0 Å². The van der Waals surface area contributed by atoms with Crippen LogP contribution in [0.5, 0.6) is 5.75 Å². The maximum atomic E-state index is 13.3. The monoisotopic (exact) mass is 875 g/mol. The molecule has 1 atom stereocenters. The molecule has 338 valence electrons. The Morgan fingerprint density at radius 2 is 1.47 bits per heavy atom. The van der Waals surface area contributed by atoms with Crippen molar-refractivity contribution in [2.45, 2.75) is 82.6 Å². The molecule has 6 aromatic rings. The highest BCUT2D eigenvalue weighted by Crippen LogP contribution is 2.32. The third kappa shape index (κ3) is 13.5. The van der Waals surface area contributed by atoms with E-state index in [-0.39, 0.29) is 39.3 Å². The number of amides is 2. The molecule has 0 spiro atoms. The molecule has 11 nitrogen and oxygen atoms in total. The van der Waals surface area contributed by atoms with Crippen molar-refractivity contribution >= 4 is 34.3 Å². The van der Waals surface area contributed by atoms with Crippen molar-refractivity contribution in [1.29, 1.82) is 0 Å². The number of anilines is 2. The van der Waals surface area contributed by atoms with Gasteiger partial charge < -0.3 is 35.5 Å². The first-order chi connectivity index (χ1) is 30.2. The summed E-state index contributed by atoms with van der Waals surface area (Å²) in [6.07, 6.45) is 6.07. The predicted octanol–water partition coefficient (Wildman–Crippen LogP) is 9.41. The second kappa shape index (κ2) is 23.9. The van der Waals surface area contributed by atoms with E-state index < -0.39 is 12.2 Å². The number of aromatic hydroxyl groups is 1. The Labute approximate surface area is 372 Å². The summed E-state index contributed by atoms with van der Waals surface area (Å²) >= 11 is 0. The number of pyridine rings is 1. The van der Waals surface area contributed by atoms with Gasteiger partial charge in [0, 0.05) is 48.3 Å². The fourth-order valence-electron chi connectivity index (χ4n) is 8.37. The average molecular weight is 876 g/mol. The Hall–Kier alpha value is -6.41. The fourth-order valence-corrected chi connectivity index (χ4v) is 8.37. The smallest absolute Gasteiger partial charge is 0.411 e. The SMILES string of the molecule is CN(CCCc1ccccc1)C1CCC(OC(=O)Nc2cc(CCCC(=O)Nc3ccc(CNC[C@H](O)c4ccc(O)c5[nH]c(=O)ccc45)cc3)ccc2-c2ccccc2)CC1.F.F. The van der Waals surface area contributed by atoms with Crippen LogP contribution in [0.1, 0.15) is 73.3 Å². The van der Waals surface area contributed by atoms with Crippen LogP contribution in [-0.2, 0) is 28.9 Å². The molecule has 1 heterocycles. The first-order valence-electron chi connectivity index (χ1n) is 21.7. The molecule has 0 radical (unpaired) electrons. The number of aliphatic hydroxyl groups excluding tert-OH is 1. The number of fused-ring (bicyclic) bond motifs is 1. The van der Waals surface area contributed by atoms with Crippen molar-refractivity contribution in [3.05, 3.63) is 160 Å². The number of nitrogens with one attached hydrogen (secondary N) is 4. The van der Waals surface area contributed by atoms with Gasteiger partial charge in [-0.3, -0.25) is 24.3 Å². The van der Waals surface area contributed by atoms with Gasteiger partial charge in [-0.15, -0.1) is 0 Å². The molecule has 64 heavy (non-hydrogen) atoms. The number of aryl methyl sites for hydroxylation is 2. The van der Waals surface area contributed by atoms with Gasteiger partial charge in [0.1, 0.15) is 11.9 Å². The number of hydrogen-bond acceptors (Lipinski definition) is 8. The quantitative estimate of drug-likeness (QED) is 0.0499. The standard InChI is InChI=1S/C51H57N5O6.2FH/c1-56(31-9-13-35-10-4-2-5-11-35)40-22-24-41(25-23-40)62-51(61)54-45-32-36(19-26-42(45)38-14-6-3-7-15-38)12-8-16-48(59)53-39-20-17-37(18-21-39)33-52-34-47(58)43-27-29-46(57)50-44(43)28-30-49(60)55-50;;/h2-7,10-11,14-15,17-21,26-30,32,40-41,47,52,57-58H,8-9,12-13,16,22-25,31,33-34H2,1H3,(H,53,59)(H,54,61)(H,55,60);2*1H/t40?,41?,47-;;/m0../s1. The number of nitrogens with zero attached hydrogens (tertiary/aromatic N) is 1. The lowest BCUT2D eigenvalue weighted by atomic mass is 9.92. The molecule has 2 amide bonds. The molecule has 1 saturated carbocycles. The van der Waals surface area contributed by atoms with Gasteiger partial charge in [-0.25, -0.2) is 4.79 Å². The van der Waals surface area contributed by atoms with E-state index in [0.29, 0.717) is 59.7 Å². The van der Waals surface area contributed by atoms with E-state index in [9.17, 15) is 24.6 Å². The van der Waals surface area contributed by atoms with Gasteiger partial charge in [-0.05, 0) is 123 Å². The van der Waals surface area contributed by atoms with Crippen LogP contribution in [0.25, 0.3) is 22.0 Å². The maximum Gasteiger partial charge on any atom is 0.411 e. The first kappa shape index (κ1) is 48.6. The summed E-state index contributed by atoms with van der Waals surface area (Å²) in [6, 6.07) is 40.8. The zero-order valence-electron chi connectivity index (χ0n) is 36.1. The van der Waals surface area contributed by atoms with E-state index in [2.05, 4.69) is 69.3 Å². The van der Waals surface area contributed by atoms with Gasteiger partial charge in [-0.2, -0.15) is 0 Å². The second-order valence-corrected chi connectivity index (χ2v) is 16.3. The number of phenols is 1. The van der Waals surface area contributed by atoms with E-state index in [0.717, 1.165) is 67.3 Å². The van der Waals surface area contributed by atoms with E-state index in [1.807, 2.05) is 66.7 Å². The van der Waals surface area contributed by atoms with Gasteiger partial charge in [0.05, 0.1) is 17.3 Å². The number of phenolic OH excluding ortho intramolecular Hbond substituents is 1. The highest BCUT2D eigenvalue weighted by atomic mass is 19.0. The number of carbonyl (C=O) groups is 2. The lowest BCUT2D eigenvalue weighted by molar-refractivity contribution is -0.116. The van der Waals surface area contributed by atoms with Crippen LogP contribution in [-0.4, -0.2) is 64.4 Å². The zero-order valence-corrected chi connectivity index (χ0v) is 36.1. The number of aliphatic hydroxyl groups is 1. The lowest BCUT2D eigenvalue weighted by Crippen LogP contribution is -2.38. The van der Waals surface area contributed by atoms with Crippen molar-refractivity contribution in [2.24, 2.45) is 0 Å². The van der Waals surface area contributed by atoms with Gasteiger partial charge in [0.15, 0.2) is 0 Å². The highest BCUT2D eigenvalue weighted by molar-refractivity contribution is 5.92. The van der Waals surface area contributed by atoms with E-state index >= 15 is 0 Å². The topological polar surface area (TPSA) is 156 Å². The van der Waals surface area contributed by atoms with Crippen LogP contribution in [0.2, 0.25) is 0 Å². The van der Waals surface area contributed by atoms with Gasteiger partial charge in [0.25, 0.3) is 0 Å². The Bertz CT molecular complexity index is 2460. The van der Waals surface area contributed by atoms with Crippen molar-refractivity contribution in [1.82, 2.24) is 15.2 Å². The van der Waals surface area contributed by atoms with E-state index in [1.54, 1.807) is 12.1 Å². The predicted molar refractivity (Wildman–Crippen MR) is 251 cm³/mol. The summed E-state index contributed by atoms with van der Waals surface area (Å²) in [5.74, 6) is -0.139. The molecule has 7 rings (SSSR count). The molecule has 0 aliphatic heterocycles. The van der Waals surface area contributed by atoms with Gasteiger partial charge >= 0.3 is 6.09 Å². The number of carbonyl (C=O) groups excluding carboxylic acids is 2. The summed E-state index contributed by atoms with van der Waals surface area (Å²) < 4.78 is 5.98. The number of benzene rings is 5. The summed E-state index contributed by atoms with van der Waals surface area (Å²) in [7, 11) is 2.21. The average Bonchev–Trinajstić information content (AvgIpc) is 3.28. The van der Waals surface area contributed by atoms with Gasteiger partial charge in [-0.1, -0.05) is 91.0 Å². The molecule has 0 saturated heterocycles. The third-order valence-corrected chi connectivity index (χ3v) is 11.8. The number of ether oxygens (including phenoxy) is 1. The van der Waals surface area contributed by atoms with Crippen LogP contribution < -0.4 is 21.5 Å². The lowest BCUT2D eigenvalue weighted by Gasteiger charge is -2.34. The summed E-state index contributed by atoms with van der Waals surface area (Å²) in [5, 5.41) is 30.9. The van der Waals surface area contributed by atoms with Crippen LogP contribution in [0.4, 0.5) is 25.6 Å². The molecule has 1 aromatic heterocycles. The third-order valence-electron chi connectivity index (χ3n) is 11.8. The molecule has 0 bridgehead atoms. The molecule has 1 aliphatic rings. The molecule has 1 aliphatic carbocycles. The number of H-pyrrole nitrogens is 1. The minimum Gasteiger partial charge on any atom is -0.506 e. The molecule has 13 heteroatoms. The molecule has 0 unspecified atom stereocenters. The summed E-state index contributed by atoms with van der Waals surface area (Å²) in [5.41, 5.74) is 7.20. The molecule has 1 fully saturated rings. The molecule has 5 aromatic carbocycles. The second-order valence-electron chi connectivity index (χ2n) is 16.3. The van der Waals surface area contributed by atoms with E-state index in [1.165, 1.54) is 17.7 Å². The van der Waals surface area contributed by atoms with Crippen LogP contribution in [0, 0.1) is 0 Å². The molecular weight excluding hydrogens is 817 g/mol. The number of aromatic amines is 1. The minimum atomic E-state index is -0.863. The Kier molecular flexibility index (Phi) is 18.1. The Balaban J connectivity index is 0.00000385. The summed E-state index contributed by atoms with van der Waals surface area (Å²) in [4.78, 5) is 43.1. The molecular formula is C51H59F2N5O6. The van der Waals surface area contributed by atoms with Crippen molar-refractivity contribution in [3.63, 3.8) is 0 Å². The Morgan fingerprint density at radius 1 is 0.781 bits per heavy atom. The minimum absolute atomic E-state index is 0. The maximum absolute atomic E-state index is 13.3. The van der Waals surface area contributed by atoms with Crippen LogP contribution in [0.15, 0.2) is 132 Å². The first-order valence-corrected chi connectivity index (χ1v) is 21.7. The van der Waals surface area contributed by atoms with Crippen molar-refractivity contribution < 1.29 is 33.9 Å². The number of rotatable bonds is 18. The normalized spacial score (nSPS) is 15.1. The summed E-state index contributed by atoms with van der Waals surface area (Å²) in [6.45, 7) is 1.79. The van der Waals surface area contributed by atoms with E-state index in [4.69, 9.17) is 4.74 Å². The number of halogens is 2.